The van der Waals surface area contributed by atoms with E-state index in [0.29, 0.717) is 0 Å². The summed E-state index contributed by atoms with van der Waals surface area (Å²) in [5.74, 6) is 0.953. The number of para-hydroxylation sites is 1. The molecule has 2 rings (SSSR count). The van der Waals surface area contributed by atoms with E-state index in [0.717, 1.165) is 43.2 Å². The molecule has 0 saturated carbocycles. The van der Waals surface area contributed by atoms with Crippen molar-refractivity contribution in [3.05, 3.63) is 54.6 Å². The Hall–Kier alpha value is -2.16. The van der Waals surface area contributed by atoms with Crippen molar-refractivity contribution in [3.63, 3.8) is 0 Å². The van der Waals surface area contributed by atoms with E-state index in [1.165, 1.54) is 19.3 Å². The zero-order valence-corrected chi connectivity index (χ0v) is 14.1. The summed E-state index contributed by atoms with van der Waals surface area (Å²) in [6.45, 7) is 4.81. The van der Waals surface area contributed by atoms with Gasteiger partial charge in [0.1, 0.15) is 5.75 Å². The molecule has 0 fully saturated rings. The van der Waals surface area contributed by atoms with Crippen LogP contribution in [0, 0.1) is 0 Å². The smallest absolute Gasteiger partial charge is 0.119 e. The van der Waals surface area contributed by atoms with E-state index in [2.05, 4.69) is 41.8 Å². The first-order valence-corrected chi connectivity index (χ1v) is 8.64. The van der Waals surface area contributed by atoms with Gasteiger partial charge in [-0.3, -0.25) is 0 Å². The third-order valence-corrected chi connectivity index (χ3v) is 3.68. The average Bonchev–Trinajstić information content (AvgIpc) is 2.61. The number of unbranched alkanes of at least 4 members (excludes halogenated alkanes) is 3. The van der Waals surface area contributed by atoms with Crippen LogP contribution in [0.25, 0.3) is 0 Å². The largest absolute Gasteiger partial charge is 0.494 e. The number of nitrogens with one attached hydrogen (secondary N) is 2. The molecular formula is C20H28N2O. The van der Waals surface area contributed by atoms with Crippen LogP contribution in [0.1, 0.15) is 32.6 Å². The first-order chi connectivity index (χ1) is 11.4. The minimum Gasteiger partial charge on any atom is -0.494 e. The maximum atomic E-state index is 5.75. The zero-order chi connectivity index (χ0) is 16.2. The third kappa shape index (κ3) is 7.09. The fraction of sp³-hybridized carbons (Fsp3) is 0.400. The number of rotatable bonds is 11. The van der Waals surface area contributed by atoms with E-state index in [-0.39, 0.29) is 0 Å². The number of benzene rings is 2. The van der Waals surface area contributed by atoms with Gasteiger partial charge in [0.15, 0.2) is 0 Å². The average molecular weight is 312 g/mol. The fourth-order valence-corrected chi connectivity index (χ4v) is 2.36. The summed E-state index contributed by atoms with van der Waals surface area (Å²) >= 11 is 0. The summed E-state index contributed by atoms with van der Waals surface area (Å²) in [4.78, 5) is 0. The van der Waals surface area contributed by atoms with E-state index in [9.17, 15) is 0 Å². The lowest BCUT2D eigenvalue weighted by molar-refractivity contribution is 0.305. The Morgan fingerprint density at radius 3 is 2.04 bits per heavy atom. The first-order valence-electron chi connectivity index (χ1n) is 8.64. The van der Waals surface area contributed by atoms with Crippen LogP contribution >= 0.6 is 0 Å². The van der Waals surface area contributed by atoms with E-state index < -0.39 is 0 Å². The second-order valence-corrected chi connectivity index (χ2v) is 5.65. The number of hydrogen-bond donors (Lipinski definition) is 2. The molecule has 0 amide bonds. The van der Waals surface area contributed by atoms with Crippen molar-refractivity contribution in [2.75, 3.05) is 30.3 Å². The zero-order valence-electron chi connectivity index (χ0n) is 14.1. The van der Waals surface area contributed by atoms with Gasteiger partial charge in [-0.05, 0) is 42.8 Å². The van der Waals surface area contributed by atoms with Gasteiger partial charge in [0.05, 0.1) is 6.61 Å². The molecule has 2 N–H and O–H groups in total. The fourth-order valence-electron chi connectivity index (χ4n) is 2.36. The Kier molecular flexibility index (Phi) is 7.89. The SMILES string of the molecule is CCCCCCOc1ccc(NCCNc2ccccc2)cc1. The van der Waals surface area contributed by atoms with Gasteiger partial charge in [0.25, 0.3) is 0 Å². The van der Waals surface area contributed by atoms with Gasteiger partial charge in [-0.15, -0.1) is 0 Å². The molecule has 0 bridgehead atoms. The predicted octanol–water partition coefficient (Wildman–Crippen LogP) is 5.17. The third-order valence-electron chi connectivity index (χ3n) is 3.68. The normalized spacial score (nSPS) is 10.3. The molecular weight excluding hydrogens is 284 g/mol. The first kappa shape index (κ1) is 17.2. The van der Waals surface area contributed by atoms with Crippen LogP contribution in [-0.4, -0.2) is 19.7 Å². The van der Waals surface area contributed by atoms with Crippen LogP contribution < -0.4 is 15.4 Å². The second kappa shape index (κ2) is 10.5. The quantitative estimate of drug-likeness (QED) is 0.562. The molecule has 0 unspecified atom stereocenters. The lowest BCUT2D eigenvalue weighted by atomic mass is 10.2. The molecule has 124 valence electrons. The van der Waals surface area contributed by atoms with Crippen LogP contribution in [0.4, 0.5) is 11.4 Å². The topological polar surface area (TPSA) is 33.3 Å². The number of hydrogen-bond acceptors (Lipinski definition) is 3. The molecule has 0 aromatic heterocycles. The molecule has 0 heterocycles. The molecule has 0 spiro atoms. The Balaban J connectivity index is 1.61. The predicted molar refractivity (Wildman–Crippen MR) is 99.5 cm³/mol. The number of ether oxygens (including phenoxy) is 1. The Labute approximate surface area is 140 Å². The van der Waals surface area contributed by atoms with Crippen LogP contribution in [-0.2, 0) is 0 Å². The molecule has 3 nitrogen and oxygen atoms in total. The molecule has 23 heavy (non-hydrogen) atoms. The molecule has 0 aliphatic heterocycles. The minimum absolute atomic E-state index is 0.813. The molecule has 0 saturated heterocycles. The van der Waals surface area contributed by atoms with Crippen molar-refractivity contribution < 1.29 is 4.74 Å². The summed E-state index contributed by atoms with van der Waals surface area (Å²) in [6, 6.07) is 18.5. The van der Waals surface area contributed by atoms with E-state index >= 15 is 0 Å². The highest BCUT2D eigenvalue weighted by molar-refractivity contribution is 5.47. The summed E-state index contributed by atoms with van der Waals surface area (Å²) in [6.07, 6.45) is 4.95. The summed E-state index contributed by atoms with van der Waals surface area (Å²) in [5.41, 5.74) is 2.28. The Bertz CT molecular complexity index is 525. The van der Waals surface area contributed by atoms with Gasteiger partial charge in [0, 0.05) is 24.5 Å². The Morgan fingerprint density at radius 2 is 1.39 bits per heavy atom. The maximum absolute atomic E-state index is 5.75. The summed E-state index contributed by atoms with van der Waals surface area (Å²) < 4.78 is 5.75. The maximum Gasteiger partial charge on any atom is 0.119 e. The molecule has 0 atom stereocenters. The molecule has 0 radical (unpaired) electrons. The standard InChI is InChI=1S/C20H28N2O/c1-2-3-4-8-17-23-20-13-11-19(12-14-20)22-16-15-21-18-9-6-5-7-10-18/h5-7,9-14,21-22H,2-4,8,15-17H2,1H3. The summed E-state index contributed by atoms with van der Waals surface area (Å²) in [7, 11) is 0. The monoisotopic (exact) mass is 312 g/mol. The summed E-state index contributed by atoms with van der Waals surface area (Å²) in [5, 5.41) is 6.79. The van der Waals surface area contributed by atoms with Gasteiger partial charge < -0.3 is 15.4 Å². The van der Waals surface area contributed by atoms with Gasteiger partial charge in [-0.25, -0.2) is 0 Å². The van der Waals surface area contributed by atoms with Gasteiger partial charge >= 0.3 is 0 Å². The van der Waals surface area contributed by atoms with Crippen LogP contribution in [0.5, 0.6) is 5.75 Å². The van der Waals surface area contributed by atoms with Crippen molar-refractivity contribution >= 4 is 11.4 Å². The van der Waals surface area contributed by atoms with Crippen molar-refractivity contribution in [2.45, 2.75) is 32.6 Å². The number of anilines is 2. The van der Waals surface area contributed by atoms with Crippen LogP contribution in [0.15, 0.2) is 54.6 Å². The van der Waals surface area contributed by atoms with Gasteiger partial charge in [0.2, 0.25) is 0 Å². The van der Waals surface area contributed by atoms with Crippen molar-refractivity contribution in [1.82, 2.24) is 0 Å². The molecule has 2 aromatic carbocycles. The highest BCUT2D eigenvalue weighted by atomic mass is 16.5. The highest BCUT2D eigenvalue weighted by Gasteiger charge is 1.96. The van der Waals surface area contributed by atoms with E-state index in [1.807, 2.05) is 30.3 Å². The lowest BCUT2D eigenvalue weighted by Gasteiger charge is -2.10. The van der Waals surface area contributed by atoms with Crippen molar-refractivity contribution in [2.24, 2.45) is 0 Å². The molecule has 0 aliphatic carbocycles. The van der Waals surface area contributed by atoms with Crippen LogP contribution in [0.2, 0.25) is 0 Å². The molecule has 2 aromatic rings. The molecule has 0 aliphatic rings. The second-order valence-electron chi connectivity index (χ2n) is 5.65. The van der Waals surface area contributed by atoms with Gasteiger partial charge in [-0.2, -0.15) is 0 Å². The van der Waals surface area contributed by atoms with Crippen molar-refractivity contribution in [3.8, 4) is 5.75 Å². The molecule has 3 heteroatoms. The van der Waals surface area contributed by atoms with E-state index in [4.69, 9.17) is 4.74 Å². The minimum atomic E-state index is 0.813. The highest BCUT2D eigenvalue weighted by Crippen LogP contribution is 2.16. The van der Waals surface area contributed by atoms with Gasteiger partial charge in [-0.1, -0.05) is 44.4 Å². The van der Waals surface area contributed by atoms with Crippen LogP contribution in [0.3, 0.4) is 0 Å². The Morgan fingerprint density at radius 1 is 0.739 bits per heavy atom. The van der Waals surface area contributed by atoms with E-state index in [1.54, 1.807) is 0 Å². The van der Waals surface area contributed by atoms with Crippen molar-refractivity contribution in [1.29, 1.82) is 0 Å². The lowest BCUT2D eigenvalue weighted by Crippen LogP contribution is -2.13.